The molecule has 1 N–H and O–H groups in total. The summed E-state index contributed by atoms with van der Waals surface area (Å²) < 4.78 is 142. The van der Waals surface area contributed by atoms with E-state index in [0.717, 1.165) is 40.2 Å². The highest BCUT2D eigenvalue weighted by Crippen LogP contribution is 2.40. The van der Waals surface area contributed by atoms with Gasteiger partial charge >= 0.3 is 11.9 Å². The average Bonchev–Trinajstić information content (AvgIpc) is 1.59. The van der Waals surface area contributed by atoms with Gasteiger partial charge in [-0.3, -0.25) is 23.9 Å². The minimum absolute atomic E-state index is 0.0128. The third-order valence-corrected chi connectivity index (χ3v) is 24.8. The number of likely N-dealkylation sites (N-methyl/N-ethyl adjacent to an activating group) is 1. The first-order valence-corrected chi connectivity index (χ1v) is 44.0. The van der Waals surface area contributed by atoms with Crippen LogP contribution in [0.2, 0.25) is 0 Å². The standard InChI is InChI=1S/C48H60FN5O7S.C46H56FN5O7S/c1-11-52-23-21-39-43(30-52)54(51-46(39)62(56,57)53(28-33-12-16-37(58-9)17-13-33)29-34-14-18-38(59-10)19-15-34)48(7,8)31-60-44-24-35(20-22-50-44)41-26-36(49)25-40(32(2)3)42(41)27-45(55)61-47(4,5)6;1-30(2)38-23-34(47)24-39(40(38)25-43(53)59-45(3,4)5)33-18-21-49-42(22-33)58-29-46(6,7)52-41-26-48-20-19-37(41)44(50-52)60(54,55)51(27-31-10-14-35(56-8)15-11-31)28-32-12-16-36(57-9)17-13-32/h12-20,22,24-26,32H,11,21,23,27-31H2,1-10H3;10-18,21-24,30,48H,19-20,25-29H2,1-9H3. The molecule has 24 nitrogen and oxygen atoms in total. The number of carbonyl (C=O) groups excluding carboxylic acids is 2. The van der Waals surface area contributed by atoms with Crippen molar-refractivity contribution in [3.05, 3.63) is 237 Å². The van der Waals surface area contributed by atoms with Crippen molar-refractivity contribution >= 4 is 32.0 Å². The van der Waals surface area contributed by atoms with Gasteiger partial charge in [-0.25, -0.2) is 35.6 Å². The highest BCUT2D eigenvalue weighted by molar-refractivity contribution is 7.89. The largest absolute Gasteiger partial charge is 0.497 e. The van der Waals surface area contributed by atoms with Crippen molar-refractivity contribution in [3.8, 4) is 57.0 Å². The molecule has 28 heteroatoms. The van der Waals surface area contributed by atoms with Crippen molar-refractivity contribution in [3.63, 3.8) is 0 Å². The maximum absolute atomic E-state index is 15.2. The van der Waals surface area contributed by atoms with Gasteiger partial charge in [-0.1, -0.05) is 83.1 Å². The van der Waals surface area contributed by atoms with Gasteiger partial charge in [-0.2, -0.15) is 18.8 Å². The minimum Gasteiger partial charge on any atom is -0.497 e. The summed E-state index contributed by atoms with van der Waals surface area (Å²) in [5.41, 5.74) is 8.20. The molecule has 2 aliphatic rings. The molecule has 6 heterocycles. The first-order chi connectivity index (χ1) is 57.7. The van der Waals surface area contributed by atoms with Crippen LogP contribution in [-0.2, 0) is 115 Å². The molecule has 0 aliphatic carbocycles. The van der Waals surface area contributed by atoms with E-state index in [2.05, 4.69) is 27.1 Å². The van der Waals surface area contributed by atoms with Crippen LogP contribution in [0, 0.1) is 11.6 Å². The van der Waals surface area contributed by atoms with E-state index < -0.39 is 65.9 Å². The molecule has 0 fully saturated rings. The number of aromatic nitrogens is 6. The second-order valence-electron chi connectivity index (χ2n) is 34.6. The first-order valence-electron chi connectivity index (χ1n) is 41.1. The van der Waals surface area contributed by atoms with E-state index in [4.69, 9.17) is 48.1 Å². The van der Waals surface area contributed by atoms with E-state index in [1.807, 2.05) is 194 Å². The van der Waals surface area contributed by atoms with Crippen LogP contribution >= 0.6 is 0 Å². The SMILES string of the molecule is CCN1CCc2c(S(=O)(=O)N(Cc3ccc(OC)cc3)Cc3ccc(OC)cc3)nn(C(C)(C)COc3cc(-c4cc(F)cc(C(C)C)c4CC(=O)OC(C)(C)C)ccn3)c2C1.COc1ccc(CN(Cc2ccc(OC)cc2)S(=O)(=O)c2nn(C(C)(C)COc3cc(-c4cc(F)cc(C(C)C)c4CC(=O)OC(C)(C)C)ccn3)c3c2CCNC3)cc1. The van der Waals surface area contributed by atoms with Crippen LogP contribution in [0.4, 0.5) is 8.78 Å². The van der Waals surface area contributed by atoms with Crippen LogP contribution in [0.25, 0.3) is 22.3 Å². The fraction of sp³-hybridized carbons (Fsp3) is 0.426. The molecule has 0 atom stereocenters. The number of nitrogens with one attached hydrogen (secondary N) is 1. The predicted molar refractivity (Wildman–Crippen MR) is 466 cm³/mol. The topological polar surface area (TPSA) is 259 Å². The van der Waals surface area contributed by atoms with E-state index in [1.54, 1.807) is 74.5 Å². The Balaban J connectivity index is 0.000000238. The second-order valence-corrected chi connectivity index (χ2v) is 38.3. The Hall–Kier alpha value is -10.6. The first kappa shape index (κ1) is 92.1. The summed E-state index contributed by atoms with van der Waals surface area (Å²) in [5, 5.41) is 13.3. The van der Waals surface area contributed by atoms with Gasteiger partial charge in [0.05, 0.1) is 63.7 Å². The van der Waals surface area contributed by atoms with Crippen molar-refractivity contribution in [1.29, 1.82) is 0 Å². The molecule has 122 heavy (non-hydrogen) atoms. The smallest absolute Gasteiger partial charge is 0.310 e. The number of rotatable bonds is 33. The molecule has 0 radical (unpaired) electrons. The highest BCUT2D eigenvalue weighted by atomic mass is 32.2. The number of halogens is 2. The maximum Gasteiger partial charge on any atom is 0.310 e. The Kier molecular flexibility index (Phi) is 29.3. The summed E-state index contributed by atoms with van der Waals surface area (Å²) in [5.74, 6) is 1.48. The Labute approximate surface area is 717 Å². The minimum atomic E-state index is -4.17. The molecule has 0 unspecified atom stereocenters. The zero-order chi connectivity index (χ0) is 88.4. The molecule has 0 saturated carbocycles. The third-order valence-electron chi connectivity index (χ3n) is 21.3. The van der Waals surface area contributed by atoms with E-state index in [0.29, 0.717) is 118 Å². The molecule has 652 valence electrons. The van der Waals surface area contributed by atoms with Crippen LogP contribution < -0.4 is 33.7 Å². The van der Waals surface area contributed by atoms with Crippen molar-refractivity contribution in [2.24, 2.45) is 0 Å². The van der Waals surface area contributed by atoms with Gasteiger partial charge in [0.15, 0.2) is 10.1 Å². The molecule has 0 saturated heterocycles. The van der Waals surface area contributed by atoms with Crippen molar-refractivity contribution in [2.75, 3.05) is 61.3 Å². The Morgan fingerprint density at radius 1 is 0.492 bits per heavy atom. The van der Waals surface area contributed by atoms with Crippen molar-refractivity contribution < 1.29 is 73.1 Å². The quantitative estimate of drug-likeness (QED) is 0.0375. The lowest BCUT2D eigenvalue weighted by atomic mass is 9.88. The number of nitrogens with zero attached hydrogens (tertiary/aromatic N) is 9. The number of benzene rings is 6. The molecule has 12 rings (SSSR count). The number of hydrogen-bond acceptors (Lipinski definition) is 20. The maximum atomic E-state index is 15.2. The summed E-state index contributed by atoms with van der Waals surface area (Å²) in [6.07, 6.45) is 4.09. The zero-order valence-electron chi connectivity index (χ0n) is 73.6. The van der Waals surface area contributed by atoms with E-state index in [1.165, 1.54) is 32.9 Å². The lowest BCUT2D eigenvalue weighted by Crippen LogP contribution is -2.39. The molecule has 4 aromatic heterocycles. The fourth-order valence-electron chi connectivity index (χ4n) is 15.1. The number of ether oxygens (including phenoxy) is 8. The Morgan fingerprint density at radius 3 is 1.18 bits per heavy atom. The van der Waals surface area contributed by atoms with Gasteiger partial charge in [0, 0.05) is 81.5 Å². The summed E-state index contributed by atoms with van der Waals surface area (Å²) in [6, 6.07) is 42.2. The van der Waals surface area contributed by atoms with Crippen molar-refractivity contribution in [1.82, 2.24) is 48.4 Å². The zero-order valence-corrected chi connectivity index (χ0v) is 75.2. The van der Waals surface area contributed by atoms with E-state index in [-0.39, 0.29) is 85.9 Å². The van der Waals surface area contributed by atoms with Crippen LogP contribution in [0.15, 0.2) is 168 Å². The van der Waals surface area contributed by atoms with Gasteiger partial charge in [0.1, 0.15) is 59.0 Å². The van der Waals surface area contributed by atoms with E-state index in [9.17, 15) is 18.0 Å². The fourth-order valence-corrected chi connectivity index (χ4v) is 18.3. The van der Waals surface area contributed by atoms with Gasteiger partial charge < -0.3 is 43.2 Å². The molecule has 10 aromatic rings. The molecular weight excluding hydrogens is 1600 g/mol. The number of carbonyl (C=O) groups is 2. The molecule has 2 aliphatic heterocycles. The average molecular weight is 1710 g/mol. The van der Waals surface area contributed by atoms with Crippen LogP contribution in [0.1, 0.15) is 183 Å². The van der Waals surface area contributed by atoms with Crippen molar-refractivity contribution in [2.45, 2.75) is 213 Å². The van der Waals surface area contributed by atoms with Crippen LogP contribution in [-0.4, -0.2) is 144 Å². The predicted octanol–water partition coefficient (Wildman–Crippen LogP) is 16.7. The number of pyridine rings is 2. The van der Waals surface area contributed by atoms with Crippen LogP contribution in [0.3, 0.4) is 0 Å². The number of esters is 2. The molecule has 0 amide bonds. The Morgan fingerprint density at radius 2 is 0.844 bits per heavy atom. The molecule has 0 bridgehead atoms. The molecule has 6 aromatic carbocycles. The number of hydrogen-bond donors (Lipinski definition) is 1. The van der Waals surface area contributed by atoms with Gasteiger partial charge in [-0.05, 0) is 259 Å². The highest BCUT2D eigenvalue weighted by Gasteiger charge is 2.41. The lowest BCUT2D eigenvalue weighted by Gasteiger charge is -2.31. The monoisotopic (exact) mass is 1710 g/mol. The lowest BCUT2D eigenvalue weighted by molar-refractivity contribution is -0.155. The summed E-state index contributed by atoms with van der Waals surface area (Å²) in [4.78, 5) is 37.4. The van der Waals surface area contributed by atoms with E-state index >= 15 is 17.2 Å². The summed E-state index contributed by atoms with van der Waals surface area (Å²) in [6.45, 7) is 32.2. The summed E-state index contributed by atoms with van der Waals surface area (Å²) in [7, 11) is -1.96. The number of sulfonamides is 2. The van der Waals surface area contributed by atoms with Gasteiger partial charge in [-0.15, -0.1) is 0 Å². The van der Waals surface area contributed by atoms with Crippen LogP contribution in [0.5, 0.6) is 34.8 Å². The van der Waals surface area contributed by atoms with Gasteiger partial charge in [0.25, 0.3) is 20.0 Å². The molecule has 0 spiro atoms. The number of fused-ring (bicyclic) bond motifs is 2. The normalized spacial score (nSPS) is 13.5. The summed E-state index contributed by atoms with van der Waals surface area (Å²) >= 11 is 0. The second kappa shape index (κ2) is 38.8. The Bertz CT molecular complexity index is 5450. The van der Waals surface area contributed by atoms with Gasteiger partial charge in [0.2, 0.25) is 11.8 Å². The molecular formula is C94H116F2N10O14S2. The number of methoxy groups -OCH3 is 4. The third kappa shape index (κ3) is 22.8.